The molecule has 7 heteroatoms. The first kappa shape index (κ1) is 16.8. The first-order chi connectivity index (χ1) is 13.1. The van der Waals surface area contributed by atoms with Gasteiger partial charge in [-0.15, -0.1) is 0 Å². The standard InChI is InChI=1S/C20H17N5O2/c1-24-18(9-17(23-24)15-5-3-2-4-6-15)20(26)25-12-16(13-25)27-19-8-7-14(10-21)11-22-19/h2-9,11,16H,12-13H2,1H3. The molecule has 3 heterocycles. The lowest BCUT2D eigenvalue weighted by Crippen LogP contribution is -2.56. The van der Waals surface area contributed by atoms with Gasteiger partial charge in [-0.1, -0.05) is 30.3 Å². The van der Waals surface area contributed by atoms with E-state index >= 15 is 0 Å². The number of pyridine rings is 1. The van der Waals surface area contributed by atoms with Gasteiger partial charge in [0.25, 0.3) is 5.91 Å². The third-order valence-corrected chi connectivity index (χ3v) is 4.46. The summed E-state index contributed by atoms with van der Waals surface area (Å²) in [6.45, 7) is 0.985. The van der Waals surface area contributed by atoms with Gasteiger partial charge < -0.3 is 9.64 Å². The fraction of sp³-hybridized carbons (Fsp3) is 0.200. The number of amides is 1. The van der Waals surface area contributed by atoms with Gasteiger partial charge in [-0.3, -0.25) is 9.48 Å². The summed E-state index contributed by atoms with van der Waals surface area (Å²) in [5.41, 5.74) is 2.78. The number of likely N-dealkylation sites (tertiary alicyclic amines) is 1. The molecule has 2 aromatic heterocycles. The van der Waals surface area contributed by atoms with E-state index in [0.717, 1.165) is 11.3 Å². The molecular formula is C20H17N5O2. The Labute approximate surface area is 156 Å². The van der Waals surface area contributed by atoms with Crippen LogP contribution in [-0.2, 0) is 7.05 Å². The number of rotatable bonds is 4. The molecule has 1 amide bonds. The Morgan fingerprint density at radius 2 is 2.00 bits per heavy atom. The highest BCUT2D eigenvalue weighted by Gasteiger charge is 2.34. The molecule has 3 aromatic rings. The minimum absolute atomic E-state index is 0.0696. The number of aromatic nitrogens is 3. The maximum atomic E-state index is 12.7. The maximum Gasteiger partial charge on any atom is 0.272 e. The molecule has 0 N–H and O–H groups in total. The zero-order valence-corrected chi connectivity index (χ0v) is 14.7. The summed E-state index contributed by atoms with van der Waals surface area (Å²) >= 11 is 0. The molecule has 4 rings (SSSR count). The third kappa shape index (κ3) is 3.37. The van der Waals surface area contributed by atoms with E-state index in [4.69, 9.17) is 10.00 Å². The fourth-order valence-electron chi connectivity index (χ4n) is 2.94. The van der Waals surface area contributed by atoms with Gasteiger partial charge in [0.15, 0.2) is 0 Å². The van der Waals surface area contributed by atoms with Gasteiger partial charge in [-0.25, -0.2) is 4.98 Å². The molecule has 0 saturated carbocycles. The molecule has 0 bridgehead atoms. The molecule has 27 heavy (non-hydrogen) atoms. The Hall–Kier alpha value is -3.66. The van der Waals surface area contributed by atoms with Crippen molar-refractivity contribution in [3.05, 3.63) is 66.0 Å². The third-order valence-electron chi connectivity index (χ3n) is 4.46. The summed E-state index contributed by atoms with van der Waals surface area (Å²) < 4.78 is 7.35. The number of benzene rings is 1. The van der Waals surface area contributed by atoms with Crippen LogP contribution in [0, 0.1) is 11.3 Å². The predicted octanol–water partition coefficient (Wildman–Crippen LogP) is 2.26. The number of hydrogen-bond acceptors (Lipinski definition) is 5. The molecule has 1 saturated heterocycles. The Morgan fingerprint density at radius 3 is 2.67 bits per heavy atom. The smallest absolute Gasteiger partial charge is 0.272 e. The highest BCUT2D eigenvalue weighted by atomic mass is 16.5. The second-order valence-corrected chi connectivity index (χ2v) is 6.35. The quantitative estimate of drug-likeness (QED) is 0.713. The summed E-state index contributed by atoms with van der Waals surface area (Å²) in [4.78, 5) is 18.5. The minimum atomic E-state index is -0.101. The molecule has 0 radical (unpaired) electrons. The normalized spacial score (nSPS) is 13.7. The maximum absolute atomic E-state index is 12.7. The van der Waals surface area contributed by atoms with Gasteiger partial charge in [0.05, 0.1) is 24.3 Å². The van der Waals surface area contributed by atoms with Crippen LogP contribution >= 0.6 is 0 Å². The Bertz CT molecular complexity index is 999. The van der Waals surface area contributed by atoms with Crippen molar-refractivity contribution in [2.45, 2.75) is 6.10 Å². The van der Waals surface area contributed by atoms with Crippen LogP contribution in [-0.4, -0.2) is 44.8 Å². The monoisotopic (exact) mass is 359 g/mol. The van der Waals surface area contributed by atoms with Crippen LogP contribution in [0.3, 0.4) is 0 Å². The van der Waals surface area contributed by atoms with Crippen molar-refractivity contribution in [1.82, 2.24) is 19.7 Å². The lowest BCUT2D eigenvalue weighted by Gasteiger charge is -2.38. The van der Waals surface area contributed by atoms with Gasteiger partial charge in [0.1, 0.15) is 17.9 Å². The second kappa shape index (κ2) is 6.92. The topological polar surface area (TPSA) is 84.0 Å². The zero-order chi connectivity index (χ0) is 18.8. The van der Waals surface area contributed by atoms with Crippen molar-refractivity contribution in [2.75, 3.05) is 13.1 Å². The van der Waals surface area contributed by atoms with Gasteiger partial charge in [0.2, 0.25) is 5.88 Å². The number of ether oxygens (including phenoxy) is 1. The van der Waals surface area contributed by atoms with Crippen molar-refractivity contribution < 1.29 is 9.53 Å². The highest BCUT2D eigenvalue weighted by Crippen LogP contribution is 2.22. The first-order valence-electron chi connectivity index (χ1n) is 8.55. The Morgan fingerprint density at radius 1 is 1.22 bits per heavy atom. The van der Waals surface area contributed by atoms with Crippen LogP contribution in [0.5, 0.6) is 5.88 Å². The summed E-state index contributed by atoms with van der Waals surface area (Å²) in [6, 6.07) is 16.9. The Balaban J connectivity index is 1.39. The largest absolute Gasteiger partial charge is 0.471 e. The minimum Gasteiger partial charge on any atom is -0.471 e. The number of aryl methyl sites for hydroxylation is 1. The van der Waals surface area contributed by atoms with Crippen LogP contribution < -0.4 is 4.74 Å². The van der Waals surface area contributed by atoms with E-state index in [9.17, 15) is 4.79 Å². The molecule has 0 atom stereocenters. The van der Waals surface area contributed by atoms with Crippen molar-refractivity contribution in [3.63, 3.8) is 0 Å². The number of carbonyl (C=O) groups is 1. The van der Waals surface area contributed by atoms with Gasteiger partial charge in [-0.2, -0.15) is 10.4 Å². The fourth-order valence-corrected chi connectivity index (χ4v) is 2.94. The van der Waals surface area contributed by atoms with Crippen molar-refractivity contribution in [2.24, 2.45) is 7.05 Å². The Kier molecular flexibility index (Phi) is 4.30. The molecule has 1 aliphatic rings. The summed E-state index contributed by atoms with van der Waals surface area (Å²) in [7, 11) is 1.77. The molecular weight excluding hydrogens is 342 g/mol. The predicted molar refractivity (Wildman–Crippen MR) is 97.9 cm³/mol. The van der Waals surface area contributed by atoms with Crippen LogP contribution in [0.2, 0.25) is 0 Å². The number of hydrogen-bond donors (Lipinski definition) is 0. The lowest BCUT2D eigenvalue weighted by molar-refractivity contribution is 0.0152. The molecule has 1 aromatic carbocycles. The van der Waals surface area contributed by atoms with E-state index in [0.29, 0.717) is 30.2 Å². The van der Waals surface area contributed by atoms with E-state index in [2.05, 4.69) is 10.1 Å². The van der Waals surface area contributed by atoms with Crippen molar-refractivity contribution in [3.8, 4) is 23.2 Å². The van der Waals surface area contributed by atoms with Crippen LogP contribution in [0.1, 0.15) is 16.1 Å². The van der Waals surface area contributed by atoms with Crippen molar-refractivity contribution in [1.29, 1.82) is 5.26 Å². The van der Waals surface area contributed by atoms with Gasteiger partial charge >= 0.3 is 0 Å². The SMILES string of the molecule is Cn1nc(-c2ccccc2)cc1C(=O)N1CC(Oc2ccc(C#N)cn2)C1. The lowest BCUT2D eigenvalue weighted by atomic mass is 10.1. The van der Waals surface area contributed by atoms with Gasteiger partial charge in [0, 0.05) is 24.9 Å². The van der Waals surface area contributed by atoms with E-state index < -0.39 is 0 Å². The summed E-state index contributed by atoms with van der Waals surface area (Å²) in [5, 5.41) is 13.2. The van der Waals surface area contributed by atoms with Crippen molar-refractivity contribution >= 4 is 5.91 Å². The highest BCUT2D eigenvalue weighted by molar-refractivity contribution is 5.94. The van der Waals surface area contributed by atoms with E-state index in [1.165, 1.54) is 6.20 Å². The summed E-state index contributed by atoms with van der Waals surface area (Å²) in [5.74, 6) is 0.387. The van der Waals surface area contributed by atoms with E-state index in [1.807, 2.05) is 42.5 Å². The van der Waals surface area contributed by atoms with Crippen LogP contribution in [0.4, 0.5) is 0 Å². The molecule has 0 spiro atoms. The molecule has 1 fully saturated rings. The molecule has 0 aliphatic carbocycles. The first-order valence-corrected chi connectivity index (χ1v) is 8.55. The van der Waals surface area contributed by atoms with Crippen LogP contribution in [0.25, 0.3) is 11.3 Å². The molecule has 7 nitrogen and oxygen atoms in total. The number of nitrogens with zero attached hydrogens (tertiary/aromatic N) is 5. The molecule has 0 unspecified atom stereocenters. The molecule has 134 valence electrons. The van der Waals surface area contributed by atoms with Gasteiger partial charge in [-0.05, 0) is 12.1 Å². The average Bonchev–Trinajstić information content (AvgIpc) is 3.07. The average molecular weight is 359 g/mol. The summed E-state index contributed by atoms with van der Waals surface area (Å²) in [6.07, 6.45) is 1.37. The van der Waals surface area contributed by atoms with E-state index in [1.54, 1.807) is 28.8 Å². The van der Waals surface area contributed by atoms with E-state index in [-0.39, 0.29) is 12.0 Å². The second-order valence-electron chi connectivity index (χ2n) is 6.35. The zero-order valence-electron chi connectivity index (χ0n) is 14.7. The number of carbonyl (C=O) groups excluding carboxylic acids is 1. The van der Waals surface area contributed by atoms with Crippen LogP contribution in [0.15, 0.2) is 54.7 Å². The number of nitriles is 1. The molecule has 1 aliphatic heterocycles.